The summed E-state index contributed by atoms with van der Waals surface area (Å²) in [5, 5.41) is 3.33. The molecule has 198 valence electrons. The summed E-state index contributed by atoms with van der Waals surface area (Å²) in [7, 11) is 3.17. The zero-order valence-corrected chi connectivity index (χ0v) is 22.8. The van der Waals surface area contributed by atoms with Gasteiger partial charge >= 0.3 is 0 Å². The van der Waals surface area contributed by atoms with Gasteiger partial charge < -0.3 is 19.7 Å². The Balaban J connectivity index is 1.45. The fourth-order valence-corrected chi connectivity index (χ4v) is 6.09. The minimum Gasteiger partial charge on any atom is -0.493 e. The summed E-state index contributed by atoms with van der Waals surface area (Å²) >= 11 is 1.19. The topological polar surface area (TPSA) is 103 Å². The molecule has 4 rings (SSSR count). The van der Waals surface area contributed by atoms with Gasteiger partial charge in [-0.25, -0.2) is 4.98 Å². The molecular formula is C27H34N4O5S. The quantitative estimate of drug-likeness (QED) is 0.483. The van der Waals surface area contributed by atoms with E-state index < -0.39 is 0 Å². The molecule has 0 bridgehead atoms. The van der Waals surface area contributed by atoms with Gasteiger partial charge in [-0.1, -0.05) is 19.9 Å². The van der Waals surface area contributed by atoms with Gasteiger partial charge in [0.05, 0.1) is 30.8 Å². The molecule has 1 saturated heterocycles. The average molecular weight is 527 g/mol. The van der Waals surface area contributed by atoms with Gasteiger partial charge in [-0.05, 0) is 54.9 Å². The molecule has 10 heteroatoms. The molecule has 3 aromatic rings. The van der Waals surface area contributed by atoms with E-state index in [9.17, 15) is 14.4 Å². The number of aromatic nitrogens is 2. The number of hydrogen-bond acceptors (Lipinski definition) is 7. The van der Waals surface area contributed by atoms with E-state index in [1.54, 1.807) is 21.1 Å². The van der Waals surface area contributed by atoms with Crippen LogP contribution in [0.15, 0.2) is 29.3 Å². The second-order valence-electron chi connectivity index (χ2n) is 9.85. The van der Waals surface area contributed by atoms with Crippen LogP contribution in [0.3, 0.4) is 0 Å². The molecule has 0 radical (unpaired) electrons. The Morgan fingerprint density at radius 1 is 1.14 bits per heavy atom. The number of carbonyl (C=O) groups is 2. The Labute approximate surface area is 220 Å². The van der Waals surface area contributed by atoms with Gasteiger partial charge in [0.15, 0.2) is 11.5 Å². The van der Waals surface area contributed by atoms with Gasteiger partial charge in [0.1, 0.15) is 11.4 Å². The third-order valence-electron chi connectivity index (χ3n) is 6.80. The number of benzene rings is 1. The number of likely N-dealkylation sites (tertiary alicyclic amines) is 1. The van der Waals surface area contributed by atoms with E-state index in [0.29, 0.717) is 70.0 Å². The van der Waals surface area contributed by atoms with Gasteiger partial charge in [-0.3, -0.25) is 19.0 Å². The van der Waals surface area contributed by atoms with Crippen molar-refractivity contribution < 1.29 is 19.1 Å². The summed E-state index contributed by atoms with van der Waals surface area (Å²) in [6.07, 6.45) is 3.12. The van der Waals surface area contributed by atoms with Gasteiger partial charge in [-0.2, -0.15) is 0 Å². The van der Waals surface area contributed by atoms with Crippen LogP contribution in [0.5, 0.6) is 11.5 Å². The van der Waals surface area contributed by atoms with Gasteiger partial charge in [0, 0.05) is 19.6 Å². The van der Waals surface area contributed by atoms with Crippen LogP contribution >= 0.6 is 11.3 Å². The van der Waals surface area contributed by atoms with E-state index in [1.165, 1.54) is 22.2 Å². The molecule has 0 saturated carbocycles. The minimum atomic E-state index is -0.297. The minimum absolute atomic E-state index is 0.0522. The fourth-order valence-electron chi connectivity index (χ4n) is 5.04. The van der Waals surface area contributed by atoms with Gasteiger partial charge in [-0.15, -0.1) is 11.3 Å². The molecule has 3 heterocycles. The Kier molecular flexibility index (Phi) is 8.16. The third kappa shape index (κ3) is 5.79. The second kappa shape index (κ2) is 11.3. The van der Waals surface area contributed by atoms with E-state index in [4.69, 9.17) is 9.47 Å². The van der Waals surface area contributed by atoms with Crippen molar-refractivity contribution in [3.8, 4) is 11.5 Å². The highest BCUT2D eigenvalue weighted by molar-refractivity contribution is 7.20. The molecule has 1 N–H and O–H groups in total. The van der Waals surface area contributed by atoms with Crippen molar-refractivity contribution in [2.24, 2.45) is 11.8 Å². The maximum Gasteiger partial charge on any atom is 0.262 e. The summed E-state index contributed by atoms with van der Waals surface area (Å²) in [6, 6.07) is 5.64. The Morgan fingerprint density at radius 3 is 2.51 bits per heavy atom. The lowest BCUT2D eigenvalue weighted by Crippen LogP contribution is -2.44. The summed E-state index contributed by atoms with van der Waals surface area (Å²) in [5.74, 6) is 1.84. The first-order valence-corrected chi connectivity index (χ1v) is 13.3. The zero-order chi connectivity index (χ0) is 26.7. The predicted octanol–water partition coefficient (Wildman–Crippen LogP) is 3.26. The van der Waals surface area contributed by atoms with E-state index in [1.807, 2.05) is 23.1 Å². The number of nitrogens with zero attached hydrogens (tertiary/aromatic N) is 3. The number of piperidine rings is 1. The number of carbonyl (C=O) groups excluding carboxylic acids is 2. The summed E-state index contributed by atoms with van der Waals surface area (Å²) in [4.78, 5) is 46.3. The molecule has 2 unspecified atom stereocenters. The number of fused-ring (bicyclic) bond motifs is 1. The van der Waals surface area contributed by atoms with Crippen molar-refractivity contribution >= 4 is 33.4 Å². The van der Waals surface area contributed by atoms with Crippen molar-refractivity contribution in [1.82, 2.24) is 19.8 Å². The van der Waals surface area contributed by atoms with Crippen molar-refractivity contribution in [3.05, 3.63) is 50.9 Å². The molecule has 9 nitrogen and oxygen atoms in total. The van der Waals surface area contributed by atoms with E-state index in [-0.39, 0.29) is 23.9 Å². The monoisotopic (exact) mass is 526 g/mol. The Hall–Kier alpha value is -3.40. The second-order valence-corrected chi connectivity index (χ2v) is 10.9. The molecule has 0 aliphatic carbocycles. The van der Waals surface area contributed by atoms with Crippen LogP contribution in [-0.2, 0) is 17.8 Å². The normalized spacial score (nSPS) is 17.6. The van der Waals surface area contributed by atoms with Crippen molar-refractivity contribution in [2.75, 3.05) is 33.9 Å². The zero-order valence-electron chi connectivity index (χ0n) is 22.0. The van der Waals surface area contributed by atoms with Crippen molar-refractivity contribution in [1.29, 1.82) is 0 Å². The average Bonchev–Trinajstić information content (AvgIpc) is 3.21. The summed E-state index contributed by atoms with van der Waals surface area (Å²) < 4.78 is 12.0. The number of methoxy groups -OCH3 is 2. The Morgan fingerprint density at radius 2 is 1.84 bits per heavy atom. The van der Waals surface area contributed by atoms with Crippen molar-refractivity contribution in [2.45, 2.75) is 40.2 Å². The molecule has 2 amide bonds. The maximum absolute atomic E-state index is 13.2. The Bertz CT molecular complexity index is 1350. The van der Waals surface area contributed by atoms with E-state index >= 15 is 0 Å². The number of hydrogen-bond donors (Lipinski definition) is 1. The summed E-state index contributed by atoms with van der Waals surface area (Å²) in [5.41, 5.74) is 1.29. The highest BCUT2D eigenvalue weighted by atomic mass is 32.1. The largest absolute Gasteiger partial charge is 0.493 e. The SMILES string of the molecule is COc1ccc(CCNC(=O)c2sc3ncn(CC(=O)N4CC(C)CC(C)C4)c(=O)c3c2C)cc1OC. The first kappa shape index (κ1) is 26.7. The van der Waals surface area contributed by atoms with Crippen LogP contribution in [0.2, 0.25) is 0 Å². The molecule has 0 spiro atoms. The predicted molar refractivity (Wildman–Crippen MR) is 144 cm³/mol. The van der Waals surface area contributed by atoms with E-state index in [2.05, 4.69) is 24.1 Å². The first-order chi connectivity index (χ1) is 17.7. The summed E-state index contributed by atoms with van der Waals surface area (Å²) in [6.45, 7) is 7.82. The molecule has 1 aliphatic rings. The van der Waals surface area contributed by atoms with Crippen LogP contribution in [0.25, 0.3) is 10.2 Å². The highest BCUT2D eigenvalue weighted by Crippen LogP contribution is 2.28. The molecule has 2 atom stereocenters. The van der Waals surface area contributed by atoms with Crippen LogP contribution in [0, 0.1) is 18.8 Å². The number of nitrogens with one attached hydrogen (secondary N) is 1. The van der Waals surface area contributed by atoms with Gasteiger partial charge in [0.25, 0.3) is 11.5 Å². The lowest BCUT2D eigenvalue weighted by molar-refractivity contribution is -0.134. The van der Waals surface area contributed by atoms with Crippen LogP contribution in [-0.4, -0.2) is 60.1 Å². The van der Waals surface area contributed by atoms with E-state index in [0.717, 1.165) is 12.0 Å². The molecule has 1 aliphatic heterocycles. The lowest BCUT2D eigenvalue weighted by Gasteiger charge is -2.35. The third-order valence-corrected chi connectivity index (χ3v) is 8.00. The molecule has 1 fully saturated rings. The maximum atomic E-state index is 13.2. The molecule has 37 heavy (non-hydrogen) atoms. The lowest BCUT2D eigenvalue weighted by atomic mass is 9.92. The van der Waals surface area contributed by atoms with Crippen LogP contribution in [0.1, 0.15) is 41.1 Å². The van der Waals surface area contributed by atoms with Gasteiger partial charge in [0.2, 0.25) is 5.91 Å². The smallest absolute Gasteiger partial charge is 0.262 e. The fraction of sp³-hybridized carbons (Fsp3) is 0.481. The van der Waals surface area contributed by atoms with Crippen LogP contribution in [0.4, 0.5) is 0 Å². The number of aryl methyl sites for hydroxylation is 1. The standard InChI is InChI=1S/C27H34N4O5S/c1-16-10-17(2)13-30(12-16)22(32)14-31-15-29-26-23(27(31)34)18(3)24(37-26)25(33)28-9-8-19-6-7-20(35-4)21(11-19)36-5/h6-7,11,15-17H,8-10,12-14H2,1-5H3,(H,28,33). The highest BCUT2D eigenvalue weighted by Gasteiger charge is 2.26. The number of amides is 2. The first-order valence-electron chi connectivity index (χ1n) is 12.5. The number of rotatable bonds is 8. The molecule has 1 aromatic carbocycles. The molecule has 2 aromatic heterocycles. The molecular weight excluding hydrogens is 492 g/mol. The van der Waals surface area contributed by atoms with Crippen molar-refractivity contribution in [3.63, 3.8) is 0 Å². The van der Waals surface area contributed by atoms with Crippen LogP contribution < -0.4 is 20.3 Å². The number of thiophene rings is 1. The number of ether oxygens (including phenoxy) is 2.